The summed E-state index contributed by atoms with van der Waals surface area (Å²) in [4.78, 5) is 0. The molecule has 0 amide bonds. The van der Waals surface area contributed by atoms with E-state index in [4.69, 9.17) is 0 Å². The van der Waals surface area contributed by atoms with Crippen LogP contribution in [0.4, 0.5) is 0 Å². The molecule has 0 heterocycles. The molecule has 7 bridgehead atoms. The Labute approximate surface area is 235 Å². The Morgan fingerprint density at radius 2 is 0.842 bits per heavy atom. The van der Waals surface area contributed by atoms with Crippen molar-refractivity contribution in [3.05, 3.63) is 0 Å². The molecule has 9 aliphatic rings. The maximum absolute atomic E-state index is 2.93. The molecule has 9 aliphatic carbocycles. The van der Waals surface area contributed by atoms with Crippen LogP contribution in [0.3, 0.4) is 0 Å². The highest BCUT2D eigenvalue weighted by atomic mass is 15.2. The lowest BCUT2D eigenvalue weighted by Crippen LogP contribution is -3.13. The smallest absolute Gasteiger partial charge is 0.0116 e. The summed E-state index contributed by atoms with van der Waals surface area (Å²) in [6.07, 6.45) is 1.48. The van der Waals surface area contributed by atoms with Crippen molar-refractivity contribution in [2.24, 2.45) is 105 Å². The fourth-order valence-corrected chi connectivity index (χ4v) is 24.4. The zero-order valence-corrected chi connectivity index (χ0v) is 28.5. The lowest BCUT2D eigenvalue weighted by atomic mass is 8.87. The van der Waals surface area contributed by atoms with Crippen molar-refractivity contribution in [1.82, 2.24) is 0 Å². The van der Waals surface area contributed by atoms with Gasteiger partial charge in [0.1, 0.15) is 0 Å². The summed E-state index contributed by atoms with van der Waals surface area (Å²) in [6, 6.07) is 0. The van der Waals surface area contributed by atoms with E-state index < -0.39 is 0 Å². The normalized spacial score (nSPS) is 86.7. The number of hydrogen-bond acceptors (Lipinski definition) is 0. The monoisotopic (exact) mass is 516 g/mol. The van der Waals surface area contributed by atoms with Crippen LogP contribution in [-0.2, 0) is 0 Å². The molecule has 0 nitrogen and oxygen atoms in total. The molecule has 0 N–H and O–H groups in total. The van der Waals surface area contributed by atoms with Gasteiger partial charge in [-0.25, -0.2) is 0 Å². The van der Waals surface area contributed by atoms with Crippen LogP contribution in [0.25, 0.3) is 0 Å². The third kappa shape index (κ3) is 0.945. The summed E-state index contributed by atoms with van der Waals surface area (Å²) in [5.41, 5.74) is 5.30. The average Bonchev–Trinajstić information content (AvgIpc) is 3.23. The van der Waals surface area contributed by atoms with Crippen LogP contribution in [0.1, 0.15) is 131 Å². The van der Waals surface area contributed by atoms with Gasteiger partial charge in [0.15, 0.2) is 0 Å². The van der Waals surface area contributed by atoms with Crippen LogP contribution in [0.2, 0.25) is 0 Å². The van der Waals surface area contributed by atoms with Gasteiger partial charge in [-0.2, -0.15) is 0 Å². The molecule has 9 fully saturated rings. The van der Waals surface area contributed by atoms with Crippen molar-refractivity contribution in [3.63, 3.8) is 0 Å². The van der Waals surface area contributed by atoms with E-state index in [1.54, 1.807) is 0 Å². The number of rotatable bonds is 0. The Morgan fingerprint density at radius 3 is 1.37 bits per heavy atom. The minimum Gasteiger partial charge on any atom is -0.0617 e. The SMILES string of the molecule is CC1C(C)C23C4CC5(C)C2(C)C(C)C2(C)C5(C)C5(C)C2(C)C2(C)C6(C)C(C)(C3(C)C)C(C)(C14C)C6(C)C52C. The summed E-state index contributed by atoms with van der Waals surface area (Å²) in [5.74, 6) is 3.12. The third-order valence-corrected chi connectivity index (χ3v) is 25.6. The van der Waals surface area contributed by atoms with Crippen molar-refractivity contribution in [1.29, 1.82) is 0 Å². The van der Waals surface area contributed by atoms with Gasteiger partial charge in [-0.3, -0.25) is 0 Å². The minimum absolute atomic E-state index is 0.281. The molecule has 9 saturated carbocycles. The van der Waals surface area contributed by atoms with Crippen molar-refractivity contribution in [2.75, 3.05) is 0 Å². The van der Waals surface area contributed by atoms with Gasteiger partial charge in [0, 0.05) is 0 Å². The third-order valence-electron chi connectivity index (χ3n) is 25.6. The van der Waals surface area contributed by atoms with Gasteiger partial charge in [-0.05, 0) is 111 Å². The molecule has 0 aromatic heterocycles. The molecule has 38 heavy (non-hydrogen) atoms. The molecule has 18 atom stereocenters. The molecule has 18 unspecified atom stereocenters. The van der Waals surface area contributed by atoms with Crippen LogP contribution < -0.4 is 0 Å². The van der Waals surface area contributed by atoms with Crippen LogP contribution in [0, 0.1) is 105 Å². The highest BCUT2D eigenvalue weighted by Crippen LogP contribution is 3.23. The lowest BCUT2D eigenvalue weighted by Gasteiger charge is -3.16. The molecule has 0 aromatic carbocycles. The first-order valence-corrected chi connectivity index (χ1v) is 16.8. The minimum atomic E-state index is 0.281. The van der Waals surface area contributed by atoms with E-state index in [2.05, 4.69) is 125 Å². The van der Waals surface area contributed by atoms with E-state index in [0.717, 1.165) is 23.7 Å². The molecule has 212 valence electrons. The van der Waals surface area contributed by atoms with Crippen molar-refractivity contribution in [3.8, 4) is 0 Å². The molecule has 0 radical (unpaired) electrons. The summed E-state index contributed by atoms with van der Waals surface area (Å²) >= 11 is 0. The molecular weight excluding hydrogens is 456 g/mol. The molecule has 0 aromatic rings. The maximum Gasteiger partial charge on any atom is -0.0116 e. The predicted octanol–water partition coefficient (Wildman–Crippen LogP) is 10.1. The largest absolute Gasteiger partial charge is 0.0617 e. The Kier molecular flexibility index (Phi) is 2.92. The van der Waals surface area contributed by atoms with Crippen LogP contribution >= 0.6 is 0 Å². The summed E-state index contributed by atoms with van der Waals surface area (Å²) in [7, 11) is 0. The van der Waals surface area contributed by atoms with Gasteiger partial charge in [-0.15, -0.1) is 0 Å². The zero-order valence-electron chi connectivity index (χ0n) is 28.5. The number of hydrogen-bond donors (Lipinski definition) is 0. The first-order chi connectivity index (χ1) is 16.8. The predicted molar refractivity (Wildman–Crippen MR) is 157 cm³/mol. The van der Waals surface area contributed by atoms with E-state index in [9.17, 15) is 0 Å². The average molecular weight is 517 g/mol. The van der Waals surface area contributed by atoms with Crippen LogP contribution in [-0.4, -0.2) is 0 Å². The fraction of sp³-hybridized carbons (Fsp3) is 1.00. The van der Waals surface area contributed by atoms with Gasteiger partial charge in [0.25, 0.3) is 0 Å². The summed E-state index contributed by atoms with van der Waals surface area (Å²) in [6.45, 7) is 51.7. The molecule has 0 heteroatoms. The summed E-state index contributed by atoms with van der Waals surface area (Å²) < 4.78 is 0. The second-order valence-electron chi connectivity index (χ2n) is 20.7. The Balaban J connectivity index is 1.62. The van der Waals surface area contributed by atoms with Gasteiger partial charge in [0.05, 0.1) is 0 Å². The molecule has 9 rings (SSSR count). The van der Waals surface area contributed by atoms with Gasteiger partial charge in [0.2, 0.25) is 0 Å². The Hall–Kier alpha value is 0. The first-order valence-electron chi connectivity index (χ1n) is 16.8. The summed E-state index contributed by atoms with van der Waals surface area (Å²) in [5, 5.41) is 0. The van der Waals surface area contributed by atoms with Crippen molar-refractivity contribution in [2.45, 2.75) is 131 Å². The molecular formula is C38H60. The highest BCUT2D eigenvalue weighted by molar-refractivity contribution is 5.66. The van der Waals surface area contributed by atoms with Crippen molar-refractivity contribution < 1.29 is 0 Å². The van der Waals surface area contributed by atoms with E-state index in [1.165, 1.54) is 6.42 Å². The molecule has 0 spiro atoms. The second-order valence-corrected chi connectivity index (χ2v) is 20.7. The standard InChI is InChI=1S/C38H60/c1-20-21(2)38-23-19-25(6)27(38,8)22(3)28(9)30(25,11)34(15)32(28,13)36(17)33(14)29(10,24(38,4)5)31(12,26(20,23)7)35(33,16)37(34,36)18/h20-23H,19H2,1-18H3. The van der Waals surface area contributed by atoms with Crippen LogP contribution in [0.15, 0.2) is 0 Å². The zero-order chi connectivity index (χ0) is 28.5. The van der Waals surface area contributed by atoms with Crippen LogP contribution in [0.5, 0.6) is 0 Å². The van der Waals surface area contributed by atoms with Gasteiger partial charge in [-0.1, -0.05) is 125 Å². The highest BCUT2D eigenvalue weighted by Gasteiger charge is 3.20. The Bertz CT molecular complexity index is 1370. The van der Waals surface area contributed by atoms with Gasteiger partial charge < -0.3 is 0 Å². The quantitative estimate of drug-likeness (QED) is 0.300. The second kappa shape index (κ2) is 4.52. The molecule has 0 aliphatic heterocycles. The first kappa shape index (κ1) is 24.6. The fourth-order valence-electron chi connectivity index (χ4n) is 24.4. The van der Waals surface area contributed by atoms with Crippen molar-refractivity contribution >= 4 is 0 Å². The van der Waals surface area contributed by atoms with E-state index >= 15 is 0 Å². The van der Waals surface area contributed by atoms with E-state index in [1.807, 2.05) is 0 Å². The van der Waals surface area contributed by atoms with Gasteiger partial charge >= 0.3 is 0 Å². The van der Waals surface area contributed by atoms with E-state index in [0.29, 0.717) is 75.8 Å². The Morgan fingerprint density at radius 1 is 0.421 bits per heavy atom. The molecule has 0 saturated heterocycles. The maximum atomic E-state index is 2.93. The van der Waals surface area contributed by atoms with E-state index in [-0.39, 0.29) is 5.41 Å². The topological polar surface area (TPSA) is 0 Å². The number of fused-ring (bicyclic) bond motifs is 4. The lowest BCUT2D eigenvalue weighted by molar-refractivity contribution is -0.699.